The van der Waals surface area contributed by atoms with Crippen LogP contribution in [0.5, 0.6) is 0 Å². The molecule has 1 amide bonds. The maximum Gasteiger partial charge on any atom is 0.342 e. The number of furan rings is 1. The smallest absolute Gasteiger partial charge is 0.342 e. The monoisotopic (exact) mass is 360 g/mol. The average molecular weight is 360 g/mol. The summed E-state index contributed by atoms with van der Waals surface area (Å²) in [7, 11) is 1.21. The van der Waals surface area contributed by atoms with Crippen LogP contribution >= 0.6 is 0 Å². The SMILES string of the molecule is COC(=O)c1c(C)oc(NC(=O)c2ccc(-c3ccccc3)cc2)c1C#N. The zero-order valence-corrected chi connectivity index (χ0v) is 14.8. The van der Waals surface area contributed by atoms with Gasteiger partial charge in [-0.3, -0.25) is 10.1 Å². The van der Waals surface area contributed by atoms with E-state index in [-0.39, 0.29) is 22.8 Å². The number of anilines is 1. The molecule has 0 saturated heterocycles. The second-order valence-electron chi connectivity index (χ2n) is 5.74. The Kier molecular flexibility index (Phi) is 5.04. The van der Waals surface area contributed by atoms with Gasteiger partial charge in [0, 0.05) is 5.56 Å². The Balaban J connectivity index is 1.84. The Morgan fingerprint density at radius 3 is 2.26 bits per heavy atom. The lowest BCUT2D eigenvalue weighted by Gasteiger charge is -2.05. The van der Waals surface area contributed by atoms with Crippen LogP contribution in [0.4, 0.5) is 5.88 Å². The predicted octanol–water partition coefficient (Wildman–Crippen LogP) is 4.17. The van der Waals surface area contributed by atoms with Crippen molar-refractivity contribution >= 4 is 17.8 Å². The average Bonchev–Trinajstić information content (AvgIpc) is 3.02. The molecule has 2 aromatic carbocycles. The minimum atomic E-state index is -0.694. The topological polar surface area (TPSA) is 92.3 Å². The lowest BCUT2D eigenvalue weighted by molar-refractivity contribution is 0.0598. The van der Waals surface area contributed by atoms with E-state index >= 15 is 0 Å². The summed E-state index contributed by atoms with van der Waals surface area (Å²) in [5.74, 6) is -1.02. The van der Waals surface area contributed by atoms with Crippen LogP contribution in [0.25, 0.3) is 11.1 Å². The van der Waals surface area contributed by atoms with Gasteiger partial charge >= 0.3 is 5.97 Å². The maximum atomic E-state index is 12.5. The van der Waals surface area contributed by atoms with E-state index in [0.717, 1.165) is 11.1 Å². The standard InChI is InChI=1S/C21H16N2O4/c1-13-18(21(25)26-2)17(12-22)20(27-13)23-19(24)16-10-8-15(9-11-16)14-6-4-3-5-7-14/h3-11H,1-2H3,(H,23,24). The summed E-state index contributed by atoms with van der Waals surface area (Å²) in [6, 6.07) is 18.7. The first-order chi connectivity index (χ1) is 13.0. The van der Waals surface area contributed by atoms with Crippen molar-refractivity contribution in [1.82, 2.24) is 0 Å². The summed E-state index contributed by atoms with van der Waals surface area (Å²) >= 11 is 0. The number of rotatable bonds is 4. The number of methoxy groups -OCH3 is 1. The van der Waals surface area contributed by atoms with Gasteiger partial charge in [0.15, 0.2) is 0 Å². The first-order valence-electron chi connectivity index (χ1n) is 8.13. The Labute approximate surface area is 156 Å². The molecule has 3 rings (SSSR count). The van der Waals surface area contributed by atoms with Gasteiger partial charge in [-0.1, -0.05) is 42.5 Å². The molecule has 0 aliphatic heterocycles. The van der Waals surface area contributed by atoms with Crippen molar-refractivity contribution in [2.75, 3.05) is 12.4 Å². The number of aryl methyl sites for hydroxylation is 1. The summed E-state index contributed by atoms with van der Waals surface area (Å²) in [6.45, 7) is 1.53. The number of carbonyl (C=O) groups excluding carboxylic acids is 2. The molecule has 1 aromatic heterocycles. The quantitative estimate of drug-likeness (QED) is 0.705. The first kappa shape index (κ1) is 18.0. The number of nitrogens with one attached hydrogen (secondary N) is 1. The van der Waals surface area contributed by atoms with Gasteiger partial charge in [0.25, 0.3) is 5.91 Å². The van der Waals surface area contributed by atoms with Gasteiger partial charge in [0.05, 0.1) is 7.11 Å². The van der Waals surface area contributed by atoms with E-state index in [1.54, 1.807) is 12.1 Å². The summed E-state index contributed by atoms with van der Waals surface area (Å²) in [6.07, 6.45) is 0. The number of carbonyl (C=O) groups is 2. The van der Waals surface area contributed by atoms with Crippen LogP contribution in [-0.2, 0) is 4.74 Å². The number of hydrogen-bond acceptors (Lipinski definition) is 5. The molecule has 0 aliphatic rings. The van der Waals surface area contributed by atoms with E-state index in [1.807, 2.05) is 48.5 Å². The zero-order valence-electron chi connectivity index (χ0n) is 14.8. The van der Waals surface area contributed by atoms with Crippen LogP contribution in [0, 0.1) is 18.3 Å². The number of nitrogens with zero attached hydrogens (tertiary/aromatic N) is 1. The molecular weight excluding hydrogens is 344 g/mol. The molecule has 0 atom stereocenters. The van der Waals surface area contributed by atoms with Crippen LogP contribution in [0.2, 0.25) is 0 Å². The first-order valence-corrected chi connectivity index (χ1v) is 8.13. The summed E-state index contributed by atoms with van der Waals surface area (Å²) < 4.78 is 10.0. The van der Waals surface area contributed by atoms with Gasteiger partial charge in [-0.05, 0) is 30.2 Å². The molecule has 0 bridgehead atoms. The van der Waals surface area contributed by atoms with Gasteiger partial charge in [0.1, 0.15) is 23.0 Å². The molecule has 3 aromatic rings. The van der Waals surface area contributed by atoms with Crippen LogP contribution in [0.1, 0.15) is 32.0 Å². The molecule has 6 heteroatoms. The number of benzene rings is 2. The van der Waals surface area contributed by atoms with Crippen LogP contribution < -0.4 is 5.32 Å². The number of esters is 1. The van der Waals surface area contributed by atoms with Crippen molar-refractivity contribution in [1.29, 1.82) is 5.26 Å². The molecule has 0 fully saturated rings. The van der Waals surface area contributed by atoms with Gasteiger partial charge in [0.2, 0.25) is 5.88 Å². The molecular formula is C21H16N2O4. The zero-order chi connectivity index (χ0) is 19.4. The van der Waals surface area contributed by atoms with E-state index in [9.17, 15) is 14.9 Å². The van der Waals surface area contributed by atoms with E-state index in [1.165, 1.54) is 14.0 Å². The molecule has 134 valence electrons. The second kappa shape index (κ2) is 7.58. The van der Waals surface area contributed by atoms with Crippen LogP contribution in [0.3, 0.4) is 0 Å². The van der Waals surface area contributed by atoms with Crippen LogP contribution in [-0.4, -0.2) is 19.0 Å². The number of nitriles is 1. The summed E-state index contributed by atoms with van der Waals surface area (Å²) in [5.41, 5.74) is 2.36. The highest BCUT2D eigenvalue weighted by Gasteiger charge is 2.25. The molecule has 6 nitrogen and oxygen atoms in total. The van der Waals surface area contributed by atoms with Gasteiger partial charge in [-0.15, -0.1) is 0 Å². The minimum Gasteiger partial charge on any atom is -0.465 e. The van der Waals surface area contributed by atoms with Crippen molar-refractivity contribution in [3.8, 4) is 17.2 Å². The third-order valence-corrected chi connectivity index (χ3v) is 4.07. The van der Waals surface area contributed by atoms with Crippen molar-refractivity contribution < 1.29 is 18.7 Å². The van der Waals surface area contributed by atoms with Crippen molar-refractivity contribution in [3.63, 3.8) is 0 Å². The molecule has 0 saturated carbocycles. The van der Waals surface area contributed by atoms with E-state index in [2.05, 4.69) is 10.1 Å². The Morgan fingerprint density at radius 1 is 1.04 bits per heavy atom. The fraction of sp³-hybridized carbons (Fsp3) is 0.0952. The van der Waals surface area contributed by atoms with Crippen molar-refractivity contribution in [2.45, 2.75) is 6.92 Å². The number of amides is 1. The van der Waals surface area contributed by atoms with Crippen LogP contribution in [0.15, 0.2) is 59.0 Å². The second-order valence-corrected chi connectivity index (χ2v) is 5.74. The largest absolute Gasteiger partial charge is 0.465 e. The highest BCUT2D eigenvalue weighted by molar-refractivity contribution is 6.05. The number of hydrogen-bond donors (Lipinski definition) is 1. The molecule has 1 N–H and O–H groups in total. The molecule has 0 radical (unpaired) electrons. The van der Waals surface area contributed by atoms with E-state index in [4.69, 9.17) is 4.42 Å². The minimum absolute atomic E-state index is 0.00901. The Morgan fingerprint density at radius 2 is 1.67 bits per heavy atom. The fourth-order valence-corrected chi connectivity index (χ4v) is 2.71. The normalized spacial score (nSPS) is 10.1. The van der Waals surface area contributed by atoms with Crippen molar-refractivity contribution in [2.24, 2.45) is 0 Å². The van der Waals surface area contributed by atoms with E-state index < -0.39 is 11.9 Å². The van der Waals surface area contributed by atoms with Gasteiger partial charge < -0.3 is 9.15 Å². The summed E-state index contributed by atoms with van der Waals surface area (Å²) in [5, 5.41) is 11.9. The lowest BCUT2D eigenvalue weighted by atomic mass is 10.0. The summed E-state index contributed by atoms with van der Waals surface area (Å²) in [4.78, 5) is 24.3. The fourth-order valence-electron chi connectivity index (χ4n) is 2.71. The third kappa shape index (κ3) is 3.58. The highest BCUT2D eigenvalue weighted by Crippen LogP contribution is 2.27. The molecule has 1 heterocycles. The number of ether oxygens (including phenoxy) is 1. The van der Waals surface area contributed by atoms with Gasteiger partial charge in [-0.25, -0.2) is 4.79 Å². The third-order valence-electron chi connectivity index (χ3n) is 4.07. The van der Waals surface area contributed by atoms with E-state index in [0.29, 0.717) is 5.56 Å². The molecule has 0 aliphatic carbocycles. The lowest BCUT2D eigenvalue weighted by Crippen LogP contribution is -2.12. The highest BCUT2D eigenvalue weighted by atomic mass is 16.5. The van der Waals surface area contributed by atoms with Crippen molar-refractivity contribution in [3.05, 3.63) is 77.0 Å². The predicted molar refractivity (Wildman–Crippen MR) is 99.3 cm³/mol. The molecule has 27 heavy (non-hydrogen) atoms. The van der Waals surface area contributed by atoms with Gasteiger partial charge in [-0.2, -0.15) is 5.26 Å². The molecule has 0 unspecified atom stereocenters. The molecule has 0 spiro atoms. The maximum absolute atomic E-state index is 12.5. The Hall–Kier alpha value is -3.85. The Bertz CT molecular complexity index is 1030.